The molecule has 1 amide bonds. The zero-order valence-electron chi connectivity index (χ0n) is 13.3. The zero-order valence-corrected chi connectivity index (χ0v) is 14.1. The van der Waals surface area contributed by atoms with Crippen molar-refractivity contribution in [2.24, 2.45) is 0 Å². The van der Waals surface area contributed by atoms with E-state index in [4.69, 9.17) is 9.47 Å². The molecule has 1 aromatic heterocycles. The number of likely N-dealkylation sites (N-methyl/N-ethyl adjacent to an activating group) is 1. The Morgan fingerprint density at radius 3 is 2.73 bits per heavy atom. The Hall–Kier alpha value is -1.15. The lowest BCUT2D eigenvalue weighted by molar-refractivity contribution is -0.144. The van der Waals surface area contributed by atoms with Crippen molar-refractivity contribution in [2.45, 2.75) is 9.96 Å². The van der Waals surface area contributed by atoms with Gasteiger partial charge in [-0.15, -0.1) is 0 Å². The number of nitrogens with zero attached hydrogens (tertiary/aromatic N) is 3. The number of morpholine rings is 1. The number of aromatic nitrogens is 1. The van der Waals surface area contributed by atoms with Crippen LogP contribution in [0.5, 0.6) is 0 Å². The van der Waals surface area contributed by atoms with Crippen molar-refractivity contribution in [1.29, 1.82) is 0 Å². The smallest absolute Gasteiger partial charge is 0.266 e. The monoisotopic (exact) mass is 325 g/mol. The lowest BCUT2D eigenvalue weighted by Crippen LogP contribution is -2.54. The third kappa shape index (κ3) is 4.19. The summed E-state index contributed by atoms with van der Waals surface area (Å²) in [6.07, 6.45) is 1.72. The van der Waals surface area contributed by atoms with Crippen LogP contribution in [0.4, 0.5) is 0 Å². The van der Waals surface area contributed by atoms with E-state index in [9.17, 15) is 4.79 Å². The number of carbonyl (C=O) groups excluding carboxylic acids is 1. The van der Waals surface area contributed by atoms with Crippen LogP contribution in [0.15, 0.2) is 29.4 Å². The summed E-state index contributed by atoms with van der Waals surface area (Å²) in [4.78, 5) is 19.8. The van der Waals surface area contributed by atoms with Crippen LogP contribution in [0.3, 0.4) is 0 Å². The van der Waals surface area contributed by atoms with Crippen LogP contribution in [0.2, 0.25) is 0 Å². The third-order valence-electron chi connectivity index (χ3n) is 3.50. The van der Waals surface area contributed by atoms with Gasteiger partial charge in [0.2, 0.25) is 4.93 Å². The summed E-state index contributed by atoms with van der Waals surface area (Å²) in [6, 6.07) is 5.65. The minimum atomic E-state index is -1.00. The zero-order chi connectivity index (χ0) is 16.0. The molecule has 2 rings (SSSR count). The number of hydrogen-bond acceptors (Lipinski definition) is 6. The third-order valence-corrected chi connectivity index (χ3v) is 4.76. The molecule has 22 heavy (non-hydrogen) atoms. The molecule has 1 saturated heterocycles. The van der Waals surface area contributed by atoms with Crippen molar-refractivity contribution in [2.75, 3.05) is 54.1 Å². The molecule has 0 spiro atoms. The van der Waals surface area contributed by atoms with E-state index in [-0.39, 0.29) is 5.91 Å². The highest BCUT2D eigenvalue weighted by molar-refractivity contribution is 8.01. The molecule has 1 unspecified atom stereocenters. The number of carbonyl (C=O) groups is 1. The average Bonchev–Trinajstić information content (AvgIpc) is 2.55. The minimum absolute atomic E-state index is 0.0721. The van der Waals surface area contributed by atoms with Gasteiger partial charge in [-0.2, -0.15) is 0 Å². The van der Waals surface area contributed by atoms with Gasteiger partial charge in [0.15, 0.2) is 0 Å². The second kappa shape index (κ2) is 7.92. The molecule has 6 nitrogen and oxygen atoms in total. The van der Waals surface area contributed by atoms with Crippen LogP contribution in [-0.2, 0) is 14.3 Å². The van der Waals surface area contributed by atoms with Crippen LogP contribution in [0.1, 0.15) is 0 Å². The van der Waals surface area contributed by atoms with Crippen molar-refractivity contribution in [3.63, 3.8) is 0 Å². The SMILES string of the molecule is COC(CN1CCOCC1)(Sc1ccccn1)C(=O)N(C)C. The molecule has 1 aromatic rings. The van der Waals surface area contributed by atoms with Crippen LogP contribution < -0.4 is 0 Å². The first-order valence-corrected chi connectivity index (χ1v) is 8.06. The van der Waals surface area contributed by atoms with E-state index in [1.165, 1.54) is 11.8 Å². The summed E-state index contributed by atoms with van der Waals surface area (Å²) >= 11 is 1.36. The molecule has 2 heterocycles. The summed E-state index contributed by atoms with van der Waals surface area (Å²) in [5.74, 6) is -0.0721. The number of hydrogen-bond donors (Lipinski definition) is 0. The quantitative estimate of drug-likeness (QED) is 0.573. The Kier molecular flexibility index (Phi) is 6.19. The van der Waals surface area contributed by atoms with Gasteiger partial charge >= 0.3 is 0 Å². The summed E-state index contributed by atoms with van der Waals surface area (Å²) in [5.41, 5.74) is 0. The minimum Gasteiger partial charge on any atom is -0.379 e. The van der Waals surface area contributed by atoms with Gasteiger partial charge in [0, 0.05) is 47.0 Å². The van der Waals surface area contributed by atoms with Crippen molar-refractivity contribution in [3.05, 3.63) is 24.4 Å². The van der Waals surface area contributed by atoms with E-state index >= 15 is 0 Å². The Morgan fingerprint density at radius 1 is 1.45 bits per heavy atom. The van der Waals surface area contributed by atoms with Crippen molar-refractivity contribution < 1.29 is 14.3 Å². The molecule has 1 fully saturated rings. The highest BCUT2D eigenvalue weighted by Gasteiger charge is 2.43. The van der Waals surface area contributed by atoms with Crippen molar-refractivity contribution >= 4 is 17.7 Å². The van der Waals surface area contributed by atoms with E-state index in [2.05, 4.69) is 9.88 Å². The van der Waals surface area contributed by atoms with E-state index < -0.39 is 4.93 Å². The second-order valence-electron chi connectivity index (χ2n) is 5.32. The van der Waals surface area contributed by atoms with Gasteiger partial charge in [0.05, 0.1) is 18.2 Å². The number of ether oxygens (including phenoxy) is 2. The van der Waals surface area contributed by atoms with E-state index in [1.54, 1.807) is 32.3 Å². The van der Waals surface area contributed by atoms with Gasteiger partial charge < -0.3 is 14.4 Å². The van der Waals surface area contributed by atoms with Gasteiger partial charge in [-0.05, 0) is 12.1 Å². The van der Waals surface area contributed by atoms with E-state index in [0.717, 1.165) is 18.1 Å². The topological polar surface area (TPSA) is 54.9 Å². The van der Waals surface area contributed by atoms with E-state index in [1.807, 2.05) is 18.2 Å². The maximum Gasteiger partial charge on any atom is 0.266 e. The molecule has 0 bridgehead atoms. The lowest BCUT2D eigenvalue weighted by atomic mass is 10.2. The van der Waals surface area contributed by atoms with Gasteiger partial charge in [0.1, 0.15) is 0 Å². The Morgan fingerprint density at radius 2 is 2.18 bits per heavy atom. The summed E-state index contributed by atoms with van der Waals surface area (Å²) < 4.78 is 11.1. The number of rotatable bonds is 6. The van der Waals surface area contributed by atoms with Crippen molar-refractivity contribution in [1.82, 2.24) is 14.8 Å². The largest absolute Gasteiger partial charge is 0.379 e. The number of methoxy groups -OCH3 is 1. The summed E-state index contributed by atoms with van der Waals surface area (Å²) in [7, 11) is 5.07. The predicted molar refractivity (Wildman–Crippen MR) is 85.8 cm³/mol. The van der Waals surface area contributed by atoms with Gasteiger partial charge in [-0.25, -0.2) is 4.98 Å². The van der Waals surface area contributed by atoms with Crippen LogP contribution >= 0.6 is 11.8 Å². The molecule has 1 aliphatic rings. The Labute approximate surface area is 135 Å². The molecular weight excluding hydrogens is 302 g/mol. The first kappa shape index (κ1) is 17.2. The van der Waals surface area contributed by atoms with Crippen LogP contribution in [0.25, 0.3) is 0 Å². The van der Waals surface area contributed by atoms with Crippen LogP contribution in [0, 0.1) is 0 Å². The number of pyridine rings is 1. The van der Waals surface area contributed by atoms with Crippen molar-refractivity contribution in [3.8, 4) is 0 Å². The van der Waals surface area contributed by atoms with E-state index in [0.29, 0.717) is 19.8 Å². The molecule has 122 valence electrons. The van der Waals surface area contributed by atoms with Gasteiger partial charge in [-0.3, -0.25) is 9.69 Å². The normalized spacial score (nSPS) is 18.7. The molecule has 0 N–H and O–H groups in total. The fourth-order valence-corrected chi connectivity index (χ4v) is 3.51. The highest BCUT2D eigenvalue weighted by Crippen LogP contribution is 2.35. The first-order chi connectivity index (χ1) is 10.6. The Balaban J connectivity index is 2.22. The standard InChI is InChI=1S/C15H23N3O3S/c1-17(2)14(19)15(20-3,12-18-8-10-21-11-9-18)22-13-6-4-5-7-16-13/h4-7H,8-12H2,1-3H3. The predicted octanol–water partition coefficient (Wildman–Crippen LogP) is 0.937. The lowest BCUT2D eigenvalue weighted by Gasteiger charge is -2.38. The highest BCUT2D eigenvalue weighted by atomic mass is 32.2. The molecule has 1 atom stereocenters. The maximum absolute atomic E-state index is 12.8. The first-order valence-electron chi connectivity index (χ1n) is 7.24. The number of amides is 1. The Bertz CT molecular complexity index is 480. The second-order valence-corrected chi connectivity index (χ2v) is 6.60. The molecule has 7 heteroatoms. The maximum atomic E-state index is 12.8. The van der Waals surface area contributed by atoms with Gasteiger partial charge in [0.25, 0.3) is 5.91 Å². The molecule has 0 radical (unpaired) electrons. The molecule has 1 aliphatic heterocycles. The van der Waals surface area contributed by atoms with Gasteiger partial charge in [-0.1, -0.05) is 17.8 Å². The molecule has 0 aromatic carbocycles. The fourth-order valence-electron chi connectivity index (χ4n) is 2.31. The number of thioether (sulfide) groups is 1. The molecule has 0 aliphatic carbocycles. The summed E-state index contributed by atoms with van der Waals surface area (Å²) in [5, 5.41) is 0.771. The molecule has 0 saturated carbocycles. The fraction of sp³-hybridized carbons (Fsp3) is 0.600. The summed E-state index contributed by atoms with van der Waals surface area (Å²) in [6.45, 7) is 3.47. The average molecular weight is 325 g/mol. The molecular formula is C15H23N3O3S. The van der Waals surface area contributed by atoms with Crippen LogP contribution in [-0.4, -0.2) is 79.7 Å².